The van der Waals surface area contributed by atoms with Gasteiger partial charge in [-0.2, -0.15) is 11.8 Å². The second-order valence-electron chi connectivity index (χ2n) is 6.95. The molecule has 4 nitrogen and oxygen atoms in total. The Morgan fingerprint density at radius 2 is 2.04 bits per heavy atom. The van der Waals surface area contributed by atoms with Crippen molar-refractivity contribution in [2.45, 2.75) is 51.1 Å². The third-order valence-corrected chi connectivity index (χ3v) is 5.88. The van der Waals surface area contributed by atoms with Crippen molar-refractivity contribution in [3.05, 3.63) is 24.3 Å². The quantitative estimate of drug-likeness (QED) is 0.827. The van der Waals surface area contributed by atoms with Crippen LogP contribution in [0.25, 0.3) is 0 Å². The molecule has 2 N–H and O–H groups in total. The number of carbonyl (C=O) groups is 1. The Balaban J connectivity index is 1.48. The van der Waals surface area contributed by atoms with Gasteiger partial charge in [0.15, 0.2) is 0 Å². The highest BCUT2D eigenvalue weighted by Crippen LogP contribution is 2.23. The van der Waals surface area contributed by atoms with Crippen LogP contribution < -0.4 is 15.5 Å². The molecule has 2 saturated heterocycles. The number of nitrogens with zero attached hydrogens (tertiary/aromatic N) is 1. The standard InChI is InChI=1S/C19H29N3OS/c1-15(20-16-7-11-24-12-8-16)13-19(23)21-17-5-4-6-18(14-17)22-9-2-3-10-22/h4-6,14-16,20H,2-3,7-13H2,1H3,(H,21,23). The minimum atomic E-state index is 0.0961. The van der Waals surface area contributed by atoms with Gasteiger partial charge in [0.2, 0.25) is 5.91 Å². The van der Waals surface area contributed by atoms with Crippen molar-refractivity contribution in [1.82, 2.24) is 5.32 Å². The Hall–Kier alpha value is -1.20. The number of anilines is 2. The maximum atomic E-state index is 12.3. The van der Waals surface area contributed by atoms with Gasteiger partial charge >= 0.3 is 0 Å². The summed E-state index contributed by atoms with van der Waals surface area (Å²) in [6.07, 6.45) is 5.49. The highest BCUT2D eigenvalue weighted by molar-refractivity contribution is 7.99. The lowest BCUT2D eigenvalue weighted by Crippen LogP contribution is -2.40. The first-order valence-electron chi connectivity index (χ1n) is 9.19. The van der Waals surface area contributed by atoms with E-state index in [2.05, 4.69) is 34.6 Å². The summed E-state index contributed by atoms with van der Waals surface area (Å²) in [6.45, 7) is 4.36. The number of carbonyl (C=O) groups excluding carboxylic acids is 1. The molecular weight excluding hydrogens is 318 g/mol. The van der Waals surface area contributed by atoms with Crippen LogP contribution in [0.3, 0.4) is 0 Å². The summed E-state index contributed by atoms with van der Waals surface area (Å²) in [6, 6.07) is 9.04. The summed E-state index contributed by atoms with van der Waals surface area (Å²) in [5.74, 6) is 2.57. The van der Waals surface area contributed by atoms with Crippen molar-refractivity contribution in [3.63, 3.8) is 0 Å². The molecule has 0 aromatic heterocycles. The summed E-state index contributed by atoms with van der Waals surface area (Å²) in [5.41, 5.74) is 2.13. The van der Waals surface area contributed by atoms with E-state index in [4.69, 9.17) is 0 Å². The summed E-state index contributed by atoms with van der Waals surface area (Å²) in [5, 5.41) is 6.67. The molecule has 0 radical (unpaired) electrons. The van der Waals surface area contributed by atoms with Crippen LogP contribution in [0.1, 0.15) is 39.0 Å². The normalized spacial score (nSPS) is 20.1. The molecule has 132 valence electrons. The van der Waals surface area contributed by atoms with Gasteiger partial charge in [0, 0.05) is 43.0 Å². The number of hydrogen-bond acceptors (Lipinski definition) is 4. The average Bonchev–Trinajstić information content (AvgIpc) is 3.10. The van der Waals surface area contributed by atoms with Gasteiger partial charge in [-0.05, 0) is 62.3 Å². The van der Waals surface area contributed by atoms with Crippen molar-refractivity contribution in [3.8, 4) is 0 Å². The molecule has 1 atom stereocenters. The van der Waals surface area contributed by atoms with Gasteiger partial charge in [-0.1, -0.05) is 6.07 Å². The lowest BCUT2D eigenvalue weighted by Gasteiger charge is -2.26. The Kier molecular flexibility index (Phi) is 6.44. The first-order valence-corrected chi connectivity index (χ1v) is 10.3. The average molecular weight is 348 g/mol. The van der Waals surface area contributed by atoms with Crippen LogP contribution in [0, 0.1) is 0 Å². The fraction of sp³-hybridized carbons (Fsp3) is 0.632. The van der Waals surface area contributed by atoms with Gasteiger partial charge in [0.1, 0.15) is 0 Å². The Bertz CT molecular complexity index is 539. The van der Waals surface area contributed by atoms with E-state index in [9.17, 15) is 4.79 Å². The van der Waals surface area contributed by atoms with E-state index in [1.807, 2.05) is 23.9 Å². The number of nitrogens with one attached hydrogen (secondary N) is 2. The molecule has 0 spiro atoms. The Labute approximate surface area is 149 Å². The van der Waals surface area contributed by atoms with Gasteiger partial charge in [0.25, 0.3) is 0 Å². The first kappa shape index (κ1) is 17.6. The molecule has 1 unspecified atom stereocenters. The molecule has 3 rings (SSSR count). The molecule has 2 aliphatic heterocycles. The molecular formula is C19H29N3OS. The smallest absolute Gasteiger partial charge is 0.225 e. The molecule has 1 aromatic rings. The number of rotatable bonds is 6. The van der Waals surface area contributed by atoms with Crippen LogP contribution in [0.2, 0.25) is 0 Å². The van der Waals surface area contributed by atoms with Gasteiger partial charge in [-0.25, -0.2) is 0 Å². The van der Waals surface area contributed by atoms with E-state index in [-0.39, 0.29) is 11.9 Å². The summed E-state index contributed by atoms with van der Waals surface area (Å²) >= 11 is 2.03. The van der Waals surface area contributed by atoms with Gasteiger partial charge < -0.3 is 15.5 Å². The number of benzene rings is 1. The minimum absolute atomic E-state index is 0.0961. The zero-order chi connectivity index (χ0) is 16.8. The van der Waals surface area contributed by atoms with Crippen LogP contribution in [0.15, 0.2) is 24.3 Å². The summed E-state index contributed by atoms with van der Waals surface area (Å²) in [7, 11) is 0. The number of hydrogen-bond donors (Lipinski definition) is 2. The molecule has 0 aliphatic carbocycles. The Morgan fingerprint density at radius 3 is 2.79 bits per heavy atom. The lowest BCUT2D eigenvalue weighted by atomic mass is 10.1. The van der Waals surface area contributed by atoms with Crippen LogP contribution in [-0.4, -0.2) is 42.6 Å². The van der Waals surface area contributed by atoms with E-state index < -0.39 is 0 Å². The topological polar surface area (TPSA) is 44.4 Å². The minimum Gasteiger partial charge on any atom is -0.371 e. The van der Waals surface area contributed by atoms with E-state index in [0.29, 0.717) is 12.5 Å². The highest BCUT2D eigenvalue weighted by atomic mass is 32.2. The van der Waals surface area contributed by atoms with Crippen molar-refractivity contribution < 1.29 is 4.79 Å². The zero-order valence-corrected chi connectivity index (χ0v) is 15.4. The Morgan fingerprint density at radius 1 is 1.29 bits per heavy atom. The van der Waals surface area contributed by atoms with Crippen LogP contribution in [-0.2, 0) is 4.79 Å². The van der Waals surface area contributed by atoms with Crippen LogP contribution >= 0.6 is 11.8 Å². The van der Waals surface area contributed by atoms with Crippen LogP contribution in [0.4, 0.5) is 11.4 Å². The van der Waals surface area contributed by atoms with Gasteiger partial charge in [-0.15, -0.1) is 0 Å². The summed E-state index contributed by atoms with van der Waals surface area (Å²) in [4.78, 5) is 14.7. The molecule has 0 saturated carbocycles. The van der Waals surface area contributed by atoms with E-state index >= 15 is 0 Å². The third-order valence-electron chi connectivity index (χ3n) is 4.83. The predicted molar refractivity (Wildman–Crippen MR) is 104 cm³/mol. The zero-order valence-electron chi connectivity index (χ0n) is 14.6. The predicted octanol–water partition coefficient (Wildman–Crippen LogP) is 3.49. The summed E-state index contributed by atoms with van der Waals surface area (Å²) < 4.78 is 0. The molecule has 5 heteroatoms. The molecule has 1 amide bonds. The molecule has 2 heterocycles. The maximum Gasteiger partial charge on any atom is 0.225 e. The first-order chi connectivity index (χ1) is 11.7. The fourth-order valence-corrected chi connectivity index (χ4v) is 4.68. The number of thioether (sulfide) groups is 1. The van der Waals surface area contributed by atoms with Gasteiger partial charge in [-0.3, -0.25) is 4.79 Å². The lowest BCUT2D eigenvalue weighted by molar-refractivity contribution is -0.116. The SMILES string of the molecule is CC(CC(=O)Nc1cccc(N2CCCC2)c1)NC1CCSCC1. The van der Waals surface area contributed by atoms with E-state index in [1.165, 1.54) is 42.9 Å². The maximum absolute atomic E-state index is 12.3. The monoisotopic (exact) mass is 347 g/mol. The second kappa shape index (κ2) is 8.77. The molecule has 24 heavy (non-hydrogen) atoms. The molecule has 2 fully saturated rings. The van der Waals surface area contributed by atoms with Crippen molar-refractivity contribution >= 4 is 29.0 Å². The van der Waals surface area contributed by atoms with Gasteiger partial charge in [0.05, 0.1) is 0 Å². The van der Waals surface area contributed by atoms with Crippen molar-refractivity contribution in [2.75, 3.05) is 34.8 Å². The van der Waals surface area contributed by atoms with E-state index in [0.717, 1.165) is 18.8 Å². The number of amides is 1. The molecule has 1 aromatic carbocycles. The second-order valence-corrected chi connectivity index (χ2v) is 8.18. The van der Waals surface area contributed by atoms with Crippen molar-refractivity contribution in [2.24, 2.45) is 0 Å². The van der Waals surface area contributed by atoms with Crippen LogP contribution in [0.5, 0.6) is 0 Å². The van der Waals surface area contributed by atoms with Crippen molar-refractivity contribution in [1.29, 1.82) is 0 Å². The molecule has 0 bridgehead atoms. The third kappa shape index (κ3) is 5.15. The largest absolute Gasteiger partial charge is 0.371 e. The fourth-order valence-electron chi connectivity index (χ4n) is 3.57. The highest BCUT2D eigenvalue weighted by Gasteiger charge is 2.18. The van der Waals surface area contributed by atoms with E-state index in [1.54, 1.807) is 0 Å². The molecule has 2 aliphatic rings.